The summed E-state index contributed by atoms with van der Waals surface area (Å²) in [5.74, 6) is -2.43. The molecule has 0 spiro atoms. The van der Waals surface area contributed by atoms with Gasteiger partial charge in [-0.2, -0.15) is 0 Å². The molecule has 1 aliphatic heterocycles. The maximum atomic E-state index is 13.0. The first-order chi connectivity index (χ1) is 10.8. The molecule has 8 heteroatoms. The number of halogens is 1. The Morgan fingerprint density at radius 2 is 1.78 bits per heavy atom. The van der Waals surface area contributed by atoms with Gasteiger partial charge in [0.25, 0.3) is 0 Å². The van der Waals surface area contributed by atoms with Crippen molar-refractivity contribution >= 4 is 21.7 Å². The second kappa shape index (κ2) is 7.08. The van der Waals surface area contributed by atoms with Gasteiger partial charge in [0, 0.05) is 5.92 Å². The molecule has 1 heterocycles. The zero-order chi connectivity index (χ0) is 17.0. The Bertz CT molecular complexity index is 672. The molecule has 0 radical (unpaired) electrons. The first-order valence-electron chi connectivity index (χ1n) is 7.25. The van der Waals surface area contributed by atoms with Crippen LogP contribution in [0.4, 0.5) is 4.39 Å². The molecule has 0 aromatic heterocycles. The molecule has 1 aliphatic rings. The van der Waals surface area contributed by atoms with Crippen LogP contribution in [0.1, 0.15) is 30.9 Å². The maximum absolute atomic E-state index is 13.0. The fourth-order valence-corrected chi connectivity index (χ4v) is 4.06. The molecule has 0 aliphatic carbocycles. The molecule has 1 amide bonds. The topological polar surface area (TPSA) is 101 Å². The number of carboxylic acids is 1. The summed E-state index contributed by atoms with van der Waals surface area (Å²) in [5, 5.41) is 11.6. The third kappa shape index (κ3) is 5.02. The third-order valence-corrected chi connectivity index (χ3v) is 5.61. The molecule has 126 valence electrons. The Hall–Kier alpha value is -1.96. The minimum Gasteiger partial charge on any atom is -0.481 e. The van der Waals surface area contributed by atoms with Crippen molar-refractivity contribution in [3.63, 3.8) is 0 Å². The van der Waals surface area contributed by atoms with Gasteiger partial charge in [0.2, 0.25) is 5.91 Å². The second-order valence-corrected chi connectivity index (χ2v) is 7.94. The number of carbonyl (C=O) groups is 2. The van der Waals surface area contributed by atoms with Gasteiger partial charge in [-0.3, -0.25) is 9.59 Å². The smallest absolute Gasteiger partial charge is 0.305 e. The zero-order valence-corrected chi connectivity index (χ0v) is 13.2. The van der Waals surface area contributed by atoms with Gasteiger partial charge in [0.05, 0.1) is 24.0 Å². The number of benzene rings is 1. The van der Waals surface area contributed by atoms with Gasteiger partial charge in [0.15, 0.2) is 0 Å². The van der Waals surface area contributed by atoms with E-state index in [-0.39, 0.29) is 36.7 Å². The molecule has 1 aromatic rings. The van der Waals surface area contributed by atoms with E-state index >= 15 is 0 Å². The molecule has 1 atom stereocenters. The van der Waals surface area contributed by atoms with E-state index in [0.717, 1.165) is 0 Å². The summed E-state index contributed by atoms with van der Waals surface area (Å²) in [6, 6.07) is 4.47. The van der Waals surface area contributed by atoms with Gasteiger partial charge < -0.3 is 10.4 Å². The summed E-state index contributed by atoms with van der Waals surface area (Å²) in [7, 11) is -3.07. The van der Waals surface area contributed by atoms with Crippen LogP contribution in [0.5, 0.6) is 0 Å². The van der Waals surface area contributed by atoms with Crippen LogP contribution in [-0.2, 0) is 19.4 Å². The number of carbonyl (C=O) groups excluding carboxylic acids is 1. The average Bonchev–Trinajstić information content (AvgIpc) is 2.46. The van der Waals surface area contributed by atoms with E-state index in [4.69, 9.17) is 5.11 Å². The Kier molecular flexibility index (Phi) is 5.35. The largest absolute Gasteiger partial charge is 0.481 e. The highest BCUT2D eigenvalue weighted by Crippen LogP contribution is 2.22. The standard InChI is InChI=1S/C15H18FNO5S/c16-12-3-1-10(2-4-12)13(9-14(18)19)17-15(20)11-5-7-23(21,22)8-6-11/h1-4,11,13H,5-9H2,(H,17,20)(H,18,19). The molecule has 2 N–H and O–H groups in total. The van der Waals surface area contributed by atoms with Crippen LogP contribution in [0.3, 0.4) is 0 Å². The highest BCUT2D eigenvalue weighted by Gasteiger charge is 2.30. The molecule has 1 unspecified atom stereocenters. The van der Waals surface area contributed by atoms with Gasteiger partial charge in [0.1, 0.15) is 15.7 Å². The van der Waals surface area contributed by atoms with Crippen molar-refractivity contribution in [2.45, 2.75) is 25.3 Å². The van der Waals surface area contributed by atoms with Crippen LogP contribution >= 0.6 is 0 Å². The van der Waals surface area contributed by atoms with Crippen LogP contribution in [-0.4, -0.2) is 36.9 Å². The van der Waals surface area contributed by atoms with Gasteiger partial charge in [-0.05, 0) is 30.5 Å². The number of sulfone groups is 1. The second-order valence-electron chi connectivity index (χ2n) is 5.64. The highest BCUT2D eigenvalue weighted by molar-refractivity contribution is 7.91. The first kappa shape index (κ1) is 17.4. The summed E-state index contributed by atoms with van der Waals surface area (Å²) in [6.45, 7) is 0. The molecule has 6 nitrogen and oxygen atoms in total. The van der Waals surface area contributed by atoms with Gasteiger partial charge in [-0.1, -0.05) is 12.1 Å². The molecule has 23 heavy (non-hydrogen) atoms. The van der Waals surface area contributed by atoms with Crippen LogP contribution in [0.25, 0.3) is 0 Å². The molecular formula is C15H18FNO5S. The molecule has 2 rings (SSSR count). The number of hydrogen-bond donors (Lipinski definition) is 2. The number of hydrogen-bond acceptors (Lipinski definition) is 4. The predicted molar refractivity (Wildman–Crippen MR) is 80.9 cm³/mol. The third-order valence-electron chi connectivity index (χ3n) is 3.89. The fraction of sp³-hybridized carbons (Fsp3) is 0.467. The Morgan fingerprint density at radius 1 is 1.22 bits per heavy atom. The van der Waals surface area contributed by atoms with E-state index in [1.807, 2.05) is 0 Å². The van der Waals surface area contributed by atoms with E-state index in [1.165, 1.54) is 24.3 Å². The average molecular weight is 343 g/mol. The van der Waals surface area contributed by atoms with Crippen LogP contribution in [0.2, 0.25) is 0 Å². The van der Waals surface area contributed by atoms with Crippen LogP contribution in [0.15, 0.2) is 24.3 Å². The lowest BCUT2D eigenvalue weighted by molar-refractivity contribution is -0.138. The van der Waals surface area contributed by atoms with Gasteiger partial charge >= 0.3 is 5.97 Å². The summed E-state index contributed by atoms with van der Waals surface area (Å²) in [5.41, 5.74) is 0.491. The molecule has 0 bridgehead atoms. The number of aliphatic carboxylic acids is 1. The number of nitrogens with one attached hydrogen (secondary N) is 1. The normalized spacial score (nSPS) is 19.0. The van der Waals surface area contributed by atoms with Gasteiger partial charge in [-0.25, -0.2) is 12.8 Å². The van der Waals surface area contributed by atoms with Crippen molar-refractivity contribution in [2.24, 2.45) is 5.92 Å². The summed E-state index contributed by atoms with van der Waals surface area (Å²) in [4.78, 5) is 23.3. The Morgan fingerprint density at radius 3 is 2.30 bits per heavy atom. The van der Waals surface area contributed by atoms with Crippen molar-refractivity contribution in [1.82, 2.24) is 5.32 Å². The molecule has 1 aromatic carbocycles. The van der Waals surface area contributed by atoms with Crippen molar-refractivity contribution in [3.8, 4) is 0 Å². The molecular weight excluding hydrogens is 325 g/mol. The number of amides is 1. The molecule has 1 saturated heterocycles. The van der Waals surface area contributed by atoms with Crippen molar-refractivity contribution in [2.75, 3.05) is 11.5 Å². The summed E-state index contributed by atoms with van der Waals surface area (Å²) >= 11 is 0. The molecule has 1 fully saturated rings. The SMILES string of the molecule is O=C(O)CC(NC(=O)C1CCS(=O)(=O)CC1)c1ccc(F)cc1. The molecule has 0 saturated carbocycles. The maximum Gasteiger partial charge on any atom is 0.305 e. The summed E-state index contributed by atoms with van der Waals surface area (Å²) < 4.78 is 35.8. The highest BCUT2D eigenvalue weighted by atomic mass is 32.2. The van der Waals surface area contributed by atoms with E-state index in [1.54, 1.807) is 0 Å². The lowest BCUT2D eigenvalue weighted by Crippen LogP contribution is -2.38. The number of rotatable bonds is 5. The number of carboxylic acid groups (broad SMARTS) is 1. The summed E-state index contributed by atoms with van der Waals surface area (Å²) in [6.07, 6.45) is 0.136. The van der Waals surface area contributed by atoms with E-state index in [2.05, 4.69) is 5.32 Å². The van der Waals surface area contributed by atoms with Crippen LogP contribution < -0.4 is 5.32 Å². The Balaban J connectivity index is 2.07. The zero-order valence-electron chi connectivity index (χ0n) is 12.4. The van der Waals surface area contributed by atoms with Crippen molar-refractivity contribution in [1.29, 1.82) is 0 Å². The predicted octanol–water partition coefficient (Wildman–Crippen LogP) is 1.28. The minimum absolute atomic E-state index is 0.0365. The lowest BCUT2D eigenvalue weighted by Gasteiger charge is -2.24. The monoisotopic (exact) mass is 343 g/mol. The first-order valence-corrected chi connectivity index (χ1v) is 9.07. The van der Waals surface area contributed by atoms with E-state index in [0.29, 0.717) is 5.56 Å². The quantitative estimate of drug-likeness (QED) is 0.839. The fourth-order valence-electron chi connectivity index (χ4n) is 2.56. The van der Waals surface area contributed by atoms with Crippen molar-refractivity contribution < 1.29 is 27.5 Å². The van der Waals surface area contributed by atoms with Crippen molar-refractivity contribution in [3.05, 3.63) is 35.6 Å². The van der Waals surface area contributed by atoms with Gasteiger partial charge in [-0.15, -0.1) is 0 Å². The van der Waals surface area contributed by atoms with E-state index < -0.39 is 33.6 Å². The Labute approximate surface area is 133 Å². The van der Waals surface area contributed by atoms with Crippen LogP contribution in [0, 0.1) is 11.7 Å². The van der Waals surface area contributed by atoms with E-state index in [9.17, 15) is 22.4 Å². The minimum atomic E-state index is -3.07. The lowest BCUT2D eigenvalue weighted by atomic mass is 9.99.